The zero-order valence-corrected chi connectivity index (χ0v) is 35.2. The lowest BCUT2D eigenvalue weighted by Crippen LogP contribution is -2.64. The fourth-order valence-corrected chi connectivity index (χ4v) is 8.05. The number of nitrogens with two attached hydrogens (primary N) is 1. The molecule has 0 spiro atoms. The molecule has 1 fully saturated rings. The van der Waals surface area contributed by atoms with Crippen LogP contribution < -0.4 is 5.73 Å². The van der Waals surface area contributed by atoms with Crippen LogP contribution in [0.15, 0.2) is 0 Å². The summed E-state index contributed by atoms with van der Waals surface area (Å²) in [5, 5.41) is 41.0. The highest BCUT2D eigenvalue weighted by Gasteiger charge is 2.54. The fourth-order valence-electron chi connectivity index (χ4n) is 6.51. The van der Waals surface area contributed by atoms with Crippen LogP contribution in [0.4, 0.5) is 0 Å². The van der Waals surface area contributed by atoms with Crippen LogP contribution in [0, 0.1) is 0 Å². The van der Waals surface area contributed by atoms with E-state index in [9.17, 15) is 44.0 Å². The van der Waals surface area contributed by atoms with Crippen molar-refractivity contribution >= 4 is 27.6 Å². The first kappa shape index (κ1) is 53.0. The first-order chi connectivity index (χ1) is 26.6. The van der Waals surface area contributed by atoms with Crippen molar-refractivity contribution in [2.75, 3.05) is 19.8 Å². The van der Waals surface area contributed by atoms with Crippen LogP contribution >= 0.6 is 15.6 Å². The number of phosphoric ester groups is 2. The molecule has 19 heteroatoms. The Bertz CT molecular complexity index is 1130. The molecule has 1 saturated carbocycles. The highest BCUT2D eigenvalue weighted by atomic mass is 31.2. The molecular formula is C37H73NO16P2. The molecule has 332 valence electrons. The van der Waals surface area contributed by atoms with Crippen LogP contribution in [0.25, 0.3) is 0 Å². The van der Waals surface area contributed by atoms with E-state index in [0.717, 1.165) is 77.0 Å². The summed E-state index contributed by atoms with van der Waals surface area (Å²) in [6.07, 6.45) is 9.00. The maximum atomic E-state index is 12.9. The lowest BCUT2D eigenvalue weighted by atomic mass is 9.85. The van der Waals surface area contributed by atoms with Gasteiger partial charge >= 0.3 is 27.6 Å². The number of unbranched alkanes of at least 4 members (excludes halogenated alkanes) is 20. The van der Waals surface area contributed by atoms with Crippen molar-refractivity contribution in [3.05, 3.63) is 0 Å². The Morgan fingerprint density at radius 2 is 0.964 bits per heavy atom. The molecule has 0 heterocycles. The number of hydrogen-bond acceptors (Lipinski definition) is 14. The van der Waals surface area contributed by atoms with E-state index in [1.165, 1.54) is 51.4 Å². The third kappa shape index (κ3) is 25.4. The highest BCUT2D eigenvalue weighted by Crippen LogP contribution is 2.49. The van der Waals surface area contributed by atoms with Gasteiger partial charge in [0.25, 0.3) is 0 Å². The Balaban J connectivity index is 2.65. The first-order valence-electron chi connectivity index (χ1n) is 20.8. The van der Waals surface area contributed by atoms with Gasteiger partial charge in [0.2, 0.25) is 0 Å². The van der Waals surface area contributed by atoms with Crippen molar-refractivity contribution < 1.29 is 76.9 Å². The van der Waals surface area contributed by atoms with Gasteiger partial charge in [0, 0.05) is 12.8 Å². The Morgan fingerprint density at radius 1 is 0.554 bits per heavy atom. The highest BCUT2D eigenvalue weighted by molar-refractivity contribution is 7.47. The Labute approximate surface area is 333 Å². The van der Waals surface area contributed by atoms with E-state index in [1.54, 1.807) is 0 Å². The summed E-state index contributed by atoms with van der Waals surface area (Å²) in [4.78, 5) is 53.9. The normalized spacial score (nSPS) is 23.1. The summed E-state index contributed by atoms with van der Waals surface area (Å²) in [7, 11) is -10.6. The minimum Gasteiger partial charge on any atom is -0.462 e. The summed E-state index contributed by atoms with van der Waals surface area (Å²) < 4.78 is 49.1. The largest absolute Gasteiger partial charge is 0.472 e. The first-order valence-corrected chi connectivity index (χ1v) is 23.8. The van der Waals surface area contributed by atoms with Crippen molar-refractivity contribution in [2.45, 2.75) is 204 Å². The number of rotatable bonds is 35. The molecule has 0 saturated heterocycles. The van der Waals surface area contributed by atoms with Crippen LogP contribution in [0.5, 0.6) is 0 Å². The predicted octanol–water partition coefficient (Wildman–Crippen LogP) is 5.22. The molecule has 4 unspecified atom stereocenters. The van der Waals surface area contributed by atoms with Crippen molar-refractivity contribution in [2.24, 2.45) is 5.73 Å². The van der Waals surface area contributed by atoms with Gasteiger partial charge < -0.3 is 50.3 Å². The van der Waals surface area contributed by atoms with Crippen LogP contribution in [-0.4, -0.2) is 110 Å². The average Bonchev–Trinajstić information content (AvgIpc) is 3.14. The average molecular weight is 850 g/mol. The van der Waals surface area contributed by atoms with Crippen LogP contribution in [-0.2, 0) is 41.8 Å². The molecule has 56 heavy (non-hydrogen) atoms. The topological polar surface area (TPSA) is 282 Å². The molecule has 0 aromatic rings. The maximum Gasteiger partial charge on any atom is 0.472 e. The lowest BCUT2D eigenvalue weighted by molar-refractivity contribution is -0.216. The Morgan fingerprint density at radius 3 is 1.41 bits per heavy atom. The zero-order valence-electron chi connectivity index (χ0n) is 33.4. The number of phosphoric acid groups is 2. The van der Waals surface area contributed by atoms with E-state index in [2.05, 4.69) is 11.4 Å². The third-order valence-corrected chi connectivity index (χ3v) is 11.3. The second-order valence-corrected chi connectivity index (χ2v) is 17.5. The SMILES string of the molecule is CCCCCCCCCCCCCCCC(=O)O[C@H](COC(=O)CCCCCCCCCCCN)COP(=O)(O)OC1C(O)[C@@H](O)C(O)[C@@H](OP(=O)(O)O)[C@H]1O. The quantitative estimate of drug-likeness (QED) is 0.0230. The second kappa shape index (κ2) is 30.9. The van der Waals surface area contributed by atoms with E-state index in [-0.39, 0.29) is 12.8 Å². The number of carbonyl (C=O) groups is 2. The molecule has 9 N–H and O–H groups in total. The van der Waals surface area contributed by atoms with E-state index in [0.29, 0.717) is 19.4 Å². The number of aliphatic hydroxyl groups is 4. The third-order valence-electron chi connectivity index (χ3n) is 9.78. The fraction of sp³-hybridized carbons (Fsp3) is 0.946. The van der Waals surface area contributed by atoms with Gasteiger partial charge in [0.1, 0.15) is 43.2 Å². The minimum absolute atomic E-state index is 0.0458. The van der Waals surface area contributed by atoms with Gasteiger partial charge in [-0.3, -0.25) is 23.2 Å². The molecule has 17 nitrogen and oxygen atoms in total. The summed E-state index contributed by atoms with van der Waals surface area (Å²) >= 11 is 0. The molecule has 0 amide bonds. The molecule has 1 rings (SSSR count). The van der Waals surface area contributed by atoms with Gasteiger partial charge in [-0.1, -0.05) is 129 Å². The van der Waals surface area contributed by atoms with Gasteiger partial charge in [-0.15, -0.1) is 0 Å². The number of ether oxygens (including phenoxy) is 2. The summed E-state index contributed by atoms with van der Waals surface area (Å²) in [5.41, 5.74) is 5.52. The van der Waals surface area contributed by atoms with Crippen LogP contribution in [0.1, 0.15) is 161 Å². The molecule has 0 radical (unpaired) electrons. The van der Waals surface area contributed by atoms with Gasteiger partial charge in [-0.05, 0) is 25.8 Å². The lowest BCUT2D eigenvalue weighted by Gasteiger charge is -2.43. The monoisotopic (exact) mass is 849 g/mol. The standard InChI is InChI=1S/C37H73NO16P2/c1-2-3-4-5-6-7-8-9-10-12-16-19-22-25-31(40)52-29(27-50-30(39)24-21-18-15-13-11-14-17-20-23-26-38)28-51-56(48,49)54-37-34(43)32(41)33(42)36(35(37)44)53-55(45,46)47/h29,32-37,41-44H,2-28,38H2,1H3,(H,48,49)(H2,45,46,47)/t29-,32+,33?,34?,35-,36-,37?/m1/s1. The summed E-state index contributed by atoms with van der Waals surface area (Å²) in [5.74, 6) is -1.22. The predicted molar refractivity (Wildman–Crippen MR) is 208 cm³/mol. The van der Waals surface area contributed by atoms with E-state index in [4.69, 9.17) is 34.0 Å². The minimum atomic E-state index is -5.36. The number of aliphatic hydroxyl groups excluding tert-OH is 4. The Kier molecular flexibility index (Phi) is 29.3. The molecule has 1 aliphatic carbocycles. The van der Waals surface area contributed by atoms with Crippen molar-refractivity contribution in [1.82, 2.24) is 0 Å². The van der Waals surface area contributed by atoms with Crippen molar-refractivity contribution in [3.8, 4) is 0 Å². The van der Waals surface area contributed by atoms with Gasteiger partial charge in [-0.25, -0.2) is 9.13 Å². The van der Waals surface area contributed by atoms with E-state index >= 15 is 0 Å². The van der Waals surface area contributed by atoms with Gasteiger partial charge in [-0.2, -0.15) is 0 Å². The smallest absolute Gasteiger partial charge is 0.462 e. The van der Waals surface area contributed by atoms with Crippen LogP contribution in [0.2, 0.25) is 0 Å². The second-order valence-electron chi connectivity index (χ2n) is 14.9. The molecule has 0 aliphatic heterocycles. The van der Waals surface area contributed by atoms with Crippen LogP contribution in [0.3, 0.4) is 0 Å². The number of hydrogen-bond donors (Lipinski definition) is 8. The Hall–Kier alpha value is -1.04. The number of esters is 2. The molecular weight excluding hydrogens is 776 g/mol. The summed E-state index contributed by atoms with van der Waals surface area (Å²) in [6.45, 7) is 1.58. The van der Waals surface area contributed by atoms with Gasteiger partial charge in [0.15, 0.2) is 6.10 Å². The molecule has 0 aromatic heterocycles. The molecule has 1 aliphatic rings. The zero-order chi connectivity index (χ0) is 41.8. The molecule has 0 aromatic carbocycles. The van der Waals surface area contributed by atoms with Crippen molar-refractivity contribution in [1.29, 1.82) is 0 Å². The molecule has 0 bridgehead atoms. The number of carbonyl (C=O) groups excluding carboxylic acids is 2. The van der Waals surface area contributed by atoms with E-state index < -0.39 is 83.5 Å². The maximum absolute atomic E-state index is 12.9. The van der Waals surface area contributed by atoms with Gasteiger partial charge in [0.05, 0.1) is 6.61 Å². The summed E-state index contributed by atoms with van der Waals surface area (Å²) in [6, 6.07) is 0. The molecule has 8 atom stereocenters. The van der Waals surface area contributed by atoms with E-state index in [1.807, 2.05) is 0 Å². The van der Waals surface area contributed by atoms with Crippen molar-refractivity contribution in [3.63, 3.8) is 0 Å².